The van der Waals surface area contributed by atoms with Crippen molar-refractivity contribution >= 4 is 34.2 Å². The highest BCUT2D eigenvalue weighted by atomic mass is 79.9. The molecule has 0 radical (unpaired) electrons. The summed E-state index contributed by atoms with van der Waals surface area (Å²) in [5, 5.41) is 10.8. The van der Waals surface area contributed by atoms with Gasteiger partial charge in [-0.15, -0.1) is 12.4 Å². The van der Waals surface area contributed by atoms with Gasteiger partial charge in [0.1, 0.15) is 5.69 Å². The van der Waals surface area contributed by atoms with Gasteiger partial charge in [0.25, 0.3) is 5.91 Å². The van der Waals surface area contributed by atoms with Crippen LogP contribution in [0.4, 0.5) is 0 Å². The quantitative estimate of drug-likeness (QED) is 0.807. The topological polar surface area (TPSA) is 59.0 Å². The maximum Gasteiger partial charge on any atom is 0.272 e. The summed E-state index contributed by atoms with van der Waals surface area (Å²) in [4.78, 5) is 12.4. The average Bonchev–Trinajstić information content (AvgIpc) is 3.06. The van der Waals surface area contributed by atoms with Gasteiger partial charge in [-0.2, -0.15) is 5.10 Å². The molecule has 0 saturated carbocycles. The van der Waals surface area contributed by atoms with E-state index in [2.05, 4.69) is 31.7 Å². The molecule has 1 aromatic heterocycles. The molecular formula is C17H22BrClN4O. The molecule has 1 aliphatic rings. The minimum absolute atomic E-state index is 0. The summed E-state index contributed by atoms with van der Waals surface area (Å²) in [6.07, 6.45) is 4.14. The fraction of sp³-hybridized carbons (Fsp3) is 0.412. The molecular weight excluding hydrogens is 392 g/mol. The second-order valence-electron chi connectivity index (χ2n) is 5.90. The summed E-state index contributed by atoms with van der Waals surface area (Å²) in [6.45, 7) is 3.95. The van der Waals surface area contributed by atoms with Gasteiger partial charge in [-0.05, 0) is 44.0 Å². The van der Waals surface area contributed by atoms with Crippen LogP contribution in [0.15, 0.2) is 41.0 Å². The first-order chi connectivity index (χ1) is 11.1. The van der Waals surface area contributed by atoms with E-state index in [0.717, 1.165) is 36.0 Å². The number of nitrogens with one attached hydrogen (secondary N) is 2. The van der Waals surface area contributed by atoms with Gasteiger partial charge >= 0.3 is 0 Å². The molecule has 3 rings (SSSR count). The number of piperidine rings is 1. The number of hydrogen-bond donors (Lipinski definition) is 2. The van der Waals surface area contributed by atoms with Crippen LogP contribution in [0.3, 0.4) is 0 Å². The van der Waals surface area contributed by atoms with E-state index in [1.807, 2.05) is 42.1 Å². The van der Waals surface area contributed by atoms with Crippen LogP contribution < -0.4 is 10.6 Å². The van der Waals surface area contributed by atoms with Crippen molar-refractivity contribution in [1.29, 1.82) is 0 Å². The van der Waals surface area contributed by atoms with Crippen molar-refractivity contribution in [3.8, 4) is 0 Å². The molecule has 1 aliphatic heterocycles. The summed E-state index contributed by atoms with van der Waals surface area (Å²) < 4.78 is 2.90. The lowest BCUT2D eigenvalue weighted by Gasteiger charge is -2.22. The normalized spacial score (nSPS) is 18.5. The average molecular weight is 414 g/mol. The minimum Gasteiger partial charge on any atom is -0.344 e. The predicted octanol–water partition coefficient (Wildman–Crippen LogP) is 3.48. The summed E-state index contributed by atoms with van der Waals surface area (Å²) in [5.41, 5.74) is 1.52. The van der Waals surface area contributed by atoms with Gasteiger partial charge in [0.2, 0.25) is 0 Å². The van der Waals surface area contributed by atoms with Crippen LogP contribution in [-0.2, 0) is 0 Å². The molecule has 24 heavy (non-hydrogen) atoms. The molecule has 0 spiro atoms. The van der Waals surface area contributed by atoms with Crippen molar-refractivity contribution in [3.05, 3.63) is 52.3 Å². The summed E-state index contributed by atoms with van der Waals surface area (Å²) >= 11 is 3.52. The van der Waals surface area contributed by atoms with Gasteiger partial charge in [0.05, 0.1) is 12.1 Å². The maximum atomic E-state index is 12.4. The van der Waals surface area contributed by atoms with E-state index < -0.39 is 0 Å². The Morgan fingerprint density at radius 3 is 2.92 bits per heavy atom. The van der Waals surface area contributed by atoms with E-state index in [-0.39, 0.29) is 24.4 Å². The second-order valence-corrected chi connectivity index (χ2v) is 6.75. The highest BCUT2D eigenvalue weighted by Crippen LogP contribution is 2.23. The maximum absolute atomic E-state index is 12.4. The number of aromatic nitrogens is 2. The number of benzene rings is 1. The van der Waals surface area contributed by atoms with E-state index in [4.69, 9.17) is 0 Å². The van der Waals surface area contributed by atoms with Crippen molar-refractivity contribution in [2.45, 2.75) is 31.8 Å². The first kappa shape index (κ1) is 19.0. The molecule has 2 heterocycles. The highest BCUT2D eigenvalue weighted by molar-refractivity contribution is 9.10. The summed E-state index contributed by atoms with van der Waals surface area (Å²) in [7, 11) is 0. The Hall–Kier alpha value is -1.37. The summed E-state index contributed by atoms with van der Waals surface area (Å²) in [5.74, 6) is -0.143. The standard InChI is InChI=1S/C17H21BrN4O.ClH/c1-12(14-6-2-3-7-15(14)18)20-17(23)16-8-10-22(21-16)13-5-4-9-19-11-13;/h2-3,6-8,10,12-13,19H,4-5,9,11H2,1H3,(H,20,23);1H. The number of amides is 1. The van der Waals surface area contributed by atoms with Gasteiger partial charge in [-0.1, -0.05) is 34.1 Å². The zero-order valence-corrected chi connectivity index (χ0v) is 15.9. The van der Waals surface area contributed by atoms with Crippen LogP contribution in [-0.4, -0.2) is 28.8 Å². The van der Waals surface area contributed by atoms with E-state index in [1.54, 1.807) is 6.07 Å². The first-order valence-corrected chi connectivity index (χ1v) is 8.75. The fourth-order valence-electron chi connectivity index (χ4n) is 2.90. The third kappa shape index (κ3) is 4.37. The monoisotopic (exact) mass is 412 g/mol. The minimum atomic E-state index is -0.143. The van der Waals surface area contributed by atoms with Gasteiger partial charge in [0.15, 0.2) is 0 Å². The van der Waals surface area contributed by atoms with Crippen LogP contribution in [0.1, 0.15) is 47.9 Å². The zero-order valence-electron chi connectivity index (χ0n) is 13.5. The Morgan fingerprint density at radius 2 is 2.21 bits per heavy atom. The molecule has 7 heteroatoms. The second kappa shape index (κ2) is 8.65. The van der Waals surface area contributed by atoms with E-state index >= 15 is 0 Å². The van der Waals surface area contributed by atoms with E-state index in [0.29, 0.717) is 11.7 Å². The smallest absolute Gasteiger partial charge is 0.272 e. The molecule has 2 unspecified atom stereocenters. The Bertz CT molecular complexity index is 685. The molecule has 0 aliphatic carbocycles. The number of carbonyl (C=O) groups is 1. The van der Waals surface area contributed by atoms with Gasteiger partial charge in [-0.3, -0.25) is 9.48 Å². The van der Waals surface area contributed by atoms with Gasteiger partial charge in [0, 0.05) is 17.2 Å². The molecule has 2 aromatic rings. The lowest BCUT2D eigenvalue weighted by Crippen LogP contribution is -2.32. The molecule has 0 bridgehead atoms. The van der Waals surface area contributed by atoms with Crippen LogP contribution in [0, 0.1) is 0 Å². The van der Waals surface area contributed by atoms with E-state index in [9.17, 15) is 4.79 Å². The Morgan fingerprint density at radius 1 is 1.42 bits per heavy atom. The molecule has 1 amide bonds. The Labute approximate surface area is 156 Å². The van der Waals surface area contributed by atoms with Gasteiger partial charge in [-0.25, -0.2) is 0 Å². The Balaban J connectivity index is 0.00000208. The third-order valence-corrected chi connectivity index (χ3v) is 4.93. The SMILES string of the molecule is CC(NC(=O)c1ccn(C2CCCNC2)n1)c1ccccc1Br.Cl. The first-order valence-electron chi connectivity index (χ1n) is 7.96. The largest absolute Gasteiger partial charge is 0.344 e. The number of rotatable bonds is 4. The Kier molecular flexibility index (Phi) is 6.83. The van der Waals surface area contributed by atoms with Crippen molar-refractivity contribution in [3.63, 3.8) is 0 Å². The van der Waals surface area contributed by atoms with Crippen LogP contribution in [0.25, 0.3) is 0 Å². The van der Waals surface area contributed by atoms with E-state index in [1.165, 1.54) is 0 Å². The molecule has 2 N–H and O–H groups in total. The molecule has 2 atom stereocenters. The predicted molar refractivity (Wildman–Crippen MR) is 101 cm³/mol. The van der Waals surface area contributed by atoms with Crippen LogP contribution >= 0.6 is 28.3 Å². The van der Waals surface area contributed by atoms with Crippen molar-refractivity contribution in [2.75, 3.05) is 13.1 Å². The van der Waals surface area contributed by atoms with Crippen LogP contribution in [0.2, 0.25) is 0 Å². The van der Waals surface area contributed by atoms with Crippen molar-refractivity contribution in [2.24, 2.45) is 0 Å². The molecule has 1 saturated heterocycles. The number of carbonyl (C=O) groups excluding carboxylic acids is 1. The third-order valence-electron chi connectivity index (χ3n) is 4.21. The molecule has 5 nitrogen and oxygen atoms in total. The lowest BCUT2D eigenvalue weighted by molar-refractivity contribution is 0.0933. The van der Waals surface area contributed by atoms with Crippen molar-refractivity contribution in [1.82, 2.24) is 20.4 Å². The molecule has 1 aromatic carbocycles. The summed E-state index contributed by atoms with van der Waals surface area (Å²) in [6, 6.07) is 9.95. The highest BCUT2D eigenvalue weighted by Gasteiger charge is 2.19. The molecule has 130 valence electrons. The number of halogens is 2. The van der Waals surface area contributed by atoms with Gasteiger partial charge < -0.3 is 10.6 Å². The molecule has 1 fully saturated rings. The fourth-order valence-corrected chi connectivity index (χ4v) is 3.52. The lowest BCUT2D eigenvalue weighted by atomic mass is 10.1. The number of nitrogens with zero attached hydrogens (tertiary/aromatic N) is 2. The van der Waals surface area contributed by atoms with Crippen LogP contribution in [0.5, 0.6) is 0 Å². The zero-order chi connectivity index (χ0) is 16.2. The van der Waals surface area contributed by atoms with Crippen molar-refractivity contribution < 1.29 is 4.79 Å². The number of hydrogen-bond acceptors (Lipinski definition) is 3.